The van der Waals surface area contributed by atoms with Crippen molar-refractivity contribution < 1.29 is 9.53 Å². The van der Waals surface area contributed by atoms with Gasteiger partial charge < -0.3 is 10.1 Å². The van der Waals surface area contributed by atoms with Crippen molar-refractivity contribution in [3.63, 3.8) is 0 Å². The van der Waals surface area contributed by atoms with E-state index in [4.69, 9.17) is 4.74 Å². The van der Waals surface area contributed by atoms with E-state index in [1.165, 1.54) is 7.11 Å². The molecule has 0 saturated heterocycles. The van der Waals surface area contributed by atoms with Crippen LogP contribution in [0.5, 0.6) is 5.88 Å². The lowest BCUT2D eigenvalue weighted by molar-refractivity contribution is 0.102. The van der Waals surface area contributed by atoms with Crippen molar-refractivity contribution in [1.29, 1.82) is 0 Å². The molecular formula is C14H18N4O2. The van der Waals surface area contributed by atoms with Gasteiger partial charge in [0, 0.05) is 12.3 Å². The molecule has 6 nitrogen and oxygen atoms in total. The third-order valence-corrected chi connectivity index (χ3v) is 3.13. The second-order valence-electron chi connectivity index (χ2n) is 4.43. The van der Waals surface area contributed by atoms with E-state index >= 15 is 0 Å². The number of anilines is 1. The largest absolute Gasteiger partial charge is 0.480 e. The standard InChI is InChI=1S/C14H18N4O2/c1-4-10(2)18-12(7-9-16-18)17-13(19)11-6-5-8-15-14(11)20-3/h5-10H,4H2,1-3H3,(H,17,19). The van der Waals surface area contributed by atoms with Gasteiger partial charge in [-0.2, -0.15) is 5.10 Å². The highest BCUT2D eigenvalue weighted by Gasteiger charge is 2.16. The summed E-state index contributed by atoms with van der Waals surface area (Å²) in [5.74, 6) is 0.704. The molecule has 0 saturated carbocycles. The van der Waals surface area contributed by atoms with E-state index in [2.05, 4.69) is 22.3 Å². The summed E-state index contributed by atoms with van der Waals surface area (Å²) >= 11 is 0. The quantitative estimate of drug-likeness (QED) is 0.909. The second-order valence-corrected chi connectivity index (χ2v) is 4.43. The Morgan fingerprint density at radius 1 is 1.45 bits per heavy atom. The van der Waals surface area contributed by atoms with Gasteiger partial charge in [-0.25, -0.2) is 9.67 Å². The highest BCUT2D eigenvalue weighted by molar-refractivity contribution is 6.05. The Morgan fingerprint density at radius 2 is 2.25 bits per heavy atom. The minimum absolute atomic E-state index is 0.219. The minimum Gasteiger partial charge on any atom is -0.480 e. The number of hydrogen-bond acceptors (Lipinski definition) is 4. The van der Waals surface area contributed by atoms with Gasteiger partial charge in [0.15, 0.2) is 0 Å². The van der Waals surface area contributed by atoms with Crippen LogP contribution in [0.25, 0.3) is 0 Å². The molecule has 1 unspecified atom stereocenters. The normalized spacial score (nSPS) is 11.9. The predicted octanol–water partition coefficient (Wildman–Crippen LogP) is 2.51. The molecule has 0 bridgehead atoms. The Morgan fingerprint density at radius 3 is 2.95 bits per heavy atom. The van der Waals surface area contributed by atoms with Gasteiger partial charge in [-0.15, -0.1) is 0 Å². The number of carbonyl (C=O) groups is 1. The van der Waals surface area contributed by atoms with Crippen molar-refractivity contribution in [2.24, 2.45) is 0 Å². The number of pyridine rings is 1. The van der Waals surface area contributed by atoms with E-state index < -0.39 is 0 Å². The minimum atomic E-state index is -0.264. The third-order valence-electron chi connectivity index (χ3n) is 3.13. The lowest BCUT2D eigenvalue weighted by Gasteiger charge is -2.14. The van der Waals surface area contributed by atoms with Crippen molar-refractivity contribution in [3.8, 4) is 5.88 Å². The van der Waals surface area contributed by atoms with Gasteiger partial charge in [0.25, 0.3) is 5.91 Å². The molecule has 1 N–H and O–H groups in total. The van der Waals surface area contributed by atoms with Crippen LogP contribution < -0.4 is 10.1 Å². The third kappa shape index (κ3) is 2.79. The molecule has 0 radical (unpaired) electrons. The maximum Gasteiger partial charge on any atom is 0.262 e. The van der Waals surface area contributed by atoms with Crippen LogP contribution >= 0.6 is 0 Å². The summed E-state index contributed by atoms with van der Waals surface area (Å²) in [6, 6.07) is 5.36. The molecule has 20 heavy (non-hydrogen) atoms. The zero-order valence-corrected chi connectivity index (χ0v) is 11.8. The molecule has 2 heterocycles. The van der Waals surface area contributed by atoms with Crippen molar-refractivity contribution >= 4 is 11.7 Å². The molecule has 106 valence electrons. The Hall–Kier alpha value is -2.37. The van der Waals surface area contributed by atoms with Gasteiger partial charge in [-0.05, 0) is 25.5 Å². The van der Waals surface area contributed by atoms with Crippen LogP contribution in [0.1, 0.15) is 36.7 Å². The molecule has 0 fully saturated rings. The first-order chi connectivity index (χ1) is 9.67. The fourth-order valence-electron chi connectivity index (χ4n) is 1.85. The van der Waals surface area contributed by atoms with Gasteiger partial charge in [-0.1, -0.05) is 6.92 Å². The van der Waals surface area contributed by atoms with Gasteiger partial charge in [-0.3, -0.25) is 4.79 Å². The number of hydrogen-bond donors (Lipinski definition) is 1. The molecule has 0 aliphatic rings. The average Bonchev–Trinajstić information content (AvgIpc) is 2.94. The fourth-order valence-corrected chi connectivity index (χ4v) is 1.85. The van der Waals surface area contributed by atoms with Crippen molar-refractivity contribution in [2.45, 2.75) is 26.3 Å². The number of amides is 1. The van der Waals surface area contributed by atoms with Crippen LogP contribution in [0.3, 0.4) is 0 Å². The maximum atomic E-state index is 12.3. The topological polar surface area (TPSA) is 69.0 Å². The van der Waals surface area contributed by atoms with E-state index in [-0.39, 0.29) is 11.9 Å². The SMILES string of the molecule is CCC(C)n1nccc1NC(=O)c1cccnc1OC. The number of carbonyl (C=O) groups excluding carboxylic acids is 1. The van der Waals surface area contributed by atoms with Gasteiger partial charge >= 0.3 is 0 Å². The molecule has 0 aliphatic carbocycles. The first kappa shape index (κ1) is 14.0. The summed E-state index contributed by atoms with van der Waals surface area (Å²) in [5, 5.41) is 7.07. The maximum absolute atomic E-state index is 12.3. The van der Waals surface area contributed by atoms with Gasteiger partial charge in [0.2, 0.25) is 5.88 Å². The van der Waals surface area contributed by atoms with Crippen molar-refractivity contribution in [1.82, 2.24) is 14.8 Å². The molecule has 6 heteroatoms. The lowest BCUT2D eigenvalue weighted by Crippen LogP contribution is -2.18. The second kappa shape index (κ2) is 6.18. The summed E-state index contributed by atoms with van der Waals surface area (Å²) < 4.78 is 6.88. The number of ether oxygens (including phenoxy) is 1. The average molecular weight is 274 g/mol. The van der Waals surface area contributed by atoms with E-state index in [1.807, 2.05) is 6.92 Å². The van der Waals surface area contributed by atoms with Gasteiger partial charge in [0.1, 0.15) is 11.4 Å². The van der Waals surface area contributed by atoms with E-state index in [0.717, 1.165) is 6.42 Å². The predicted molar refractivity (Wildman–Crippen MR) is 76.0 cm³/mol. The van der Waals surface area contributed by atoms with Crippen molar-refractivity contribution in [2.75, 3.05) is 12.4 Å². The fraction of sp³-hybridized carbons (Fsp3) is 0.357. The Labute approximate surface area is 117 Å². The van der Waals surface area contributed by atoms with E-state index in [0.29, 0.717) is 17.3 Å². The Bertz CT molecular complexity index is 594. The number of methoxy groups -OCH3 is 1. The zero-order chi connectivity index (χ0) is 14.5. The van der Waals surface area contributed by atoms with Crippen LogP contribution in [0.15, 0.2) is 30.6 Å². The highest BCUT2D eigenvalue weighted by Crippen LogP contribution is 2.19. The molecule has 2 aromatic rings. The van der Waals surface area contributed by atoms with Crippen LogP contribution in [0.4, 0.5) is 5.82 Å². The highest BCUT2D eigenvalue weighted by atomic mass is 16.5. The van der Waals surface area contributed by atoms with Crippen LogP contribution in [-0.2, 0) is 0 Å². The van der Waals surface area contributed by atoms with E-state index in [1.54, 1.807) is 35.3 Å². The Kier molecular flexibility index (Phi) is 4.34. The van der Waals surface area contributed by atoms with Crippen LogP contribution in [0, 0.1) is 0 Å². The molecular weight excluding hydrogens is 256 g/mol. The molecule has 1 amide bonds. The zero-order valence-electron chi connectivity index (χ0n) is 11.8. The number of nitrogens with one attached hydrogen (secondary N) is 1. The van der Waals surface area contributed by atoms with Crippen molar-refractivity contribution in [3.05, 3.63) is 36.2 Å². The summed E-state index contributed by atoms with van der Waals surface area (Å²) in [5.41, 5.74) is 0.395. The smallest absolute Gasteiger partial charge is 0.262 e. The monoisotopic (exact) mass is 274 g/mol. The van der Waals surface area contributed by atoms with Crippen LogP contribution in [0.2, 0.25) is 0 Å². The first-order valence-corrected chi connectivity index (χ1v) is 6.51. The van der Waals surface area contributed by atoms with Gasteiger partial charge in [0.05, 0.1) is 19.3 Å². The number of rotatable bonds is 5. The molecule has 2 rings (SSSR count). The molecule has 0 aromatic carbocycles. The lowest BCUT2D eigenvalue weighted by atomic mass is 10.2. The summed E-state index contributed by atoms with van der Waals surface area (Å²) in [7, 11) is 1.49. The first-order valence-electron chi connectivity index (χ1n) is 6.51. The molecule has 1 atom stereocenters. The molecule has 0 aliphatic heterocycles. The summed E-state index contributed by atoms with van der Waals surface area (Å²) in [4.78, 5) is 16.3. The summed E-state index contributed by atoms with van der Waals surface area (Å²) in [6.07, 6.45) is 4.18. The molecule has 0 spiro atoms. The number of aromatic nitrogens is 3. The van der Waals surface area contributed by atoms with E-state index in [9.17, 15) is 4.79 Å². The number of nitrogens with zero attached hydrogens (tertiary/aromatic N) is 3. The summed E-state index contributed by atoms with van der Waals surface area (Å²) in [6.45, 7) is 4.12. The molecule has 2 aromatic heterocycles. The van der Waals surface area contributed by atoms with Crippen LogP contribution in [-0.4, -0.2) is 27.8 Å². The Balaban J connectivity index is 2.22.